The molecule has 0 aromatic carbocycles. The quantitative estimate of drug-likeness (QED) is 0.715. The van der Waals surface area contributed by atoms with E-state index in [4.69, 9.17) is 16.3 Å². The van der Waals surface area contributed by atoms with Gasteiger partial charge in [0.1, 0.15) is 0 Å². The lowest BCUT2D eigenvalue weighted by Gasteiger charge is -2.38. The van der Waals surface area contributed by atoms with Crippen LogP contribution in [0.2, 0.25) is 0 Å². The number of morpholine rings is 1. The van der Waals surface area contributed by atoms with Crippen molar-refractivity contribution in [2.24, 2.45) is 0 Å². The van der Waals surface area contributed by atoms with Crippen LogP contribution in [0.3, 0.4) is 0 Å². The second kappa shape index (κ2) is 5.84. The van der Waals surface area contributed by atoms with Crippen LogP contribution in [0, 0.1) is 0 Å². The molecule has 0 amide bonds. The van der Waals surface area contributed by atoms with Gasteiger partial charge in [-0.05, 0) is 12.8 Å². The fourth-order valence-corrected chi connectivity index (χ4v) is 4.48. The number of hydrogen-bond acceptors (Lipinski definition) is 3. The Morgan fingerprint density at radius 3 is 2.53 bits per heavy atom. The van der Waals surface area contributed by atoms with Crippen molar-refractivity contribution in [2.75, 3.05) is 38.7 Å². The number of nitrogens with zero attached hydrogens (tertiary/aromatic N) is 2. The molecule has 0 aromatic rings. The lowest BCUT2D eigenvalue weighted by Crippen LogP contribution is -2.55. The molecule has 0 aliphatic carbocycles. The van der Waals surface area contributed by atoms with Gasteiger partial charge in [-0.25, -0.2) is 0 Å². The molecular formula is C10H19ClN2O3S. The van der Waals surface area contributed by atoms with E-state index in [1.165, 1.54) is 4.31 Å². The smallest absolute Gasteiger partial charge is 0.282 e. The largest absolute Gasteiger partial charge is 0.378 e. The summed E-state index contributed by atoms with van der Waals surface area (Å²) in [6.45, 7) is 2.54. The summed E-state index contributed by atoms with van der Waals surface area (Å²) < 4.78 is 33.3. The van der Waals surface area contributed by atoms with Gasteiger partial charge in [-0.1, -0.05) is 6.42 Å². The minimum absolute atomic E-state index is 0.225. The SMILES string of the molecule is O=S(=O)(N1CCCCC1)N1CCOCC1CCl. The summed E-state index contributed by atoms with van der Waals surface area (Å²) >= 11 is 5.82. The van der Waals surface area contributed by atoms with Crippen LogP contribution in [-0.2, 0) is 14.9 Å². The third kappa shape index (κ3) is 2.93. The summed E-state index contributed by atoms with van der Waals surface area (Å²) in [5.41, 5.74) is 0. The second-order valence-electron chi connectivity index (χ2n) is 4.46. The molecule has 1 atom stereocenters. The Kier molecular flexibility index (Phi) is 4.65. The van der Waals surface area contributed by atoms with Crippen molar-refractivity contribution in [3.05, 3.63) is 0 Å². The van der Waals surface area contributed by atoms with Crippen LogP contribution in [0.1, 0.15) is 19.3 Å². The van der Waals surface area contributed by atoms with E-state index < -0.39 is 10.2 Å². The van der Waals surface area contributed by atoms with Gasteiger partial charge < -0.3 is 4.74 Å². The Labute approximate surface area is 108 Å². The molecule has 2 aliphatic heterocycles. The van der Waals surface area contributed by atoms with Crippen molar-refractivity contribution >= 4 is 21.8 Å². The van der Waals surface area contributed by atoms with E-state index in [1.807, 2.05) is 0 Å². The zero-order chi connectivity index (χ0) is 12.3. The lowest BCUT2D eigenvalue weighted by atomic mass is 10.2. The van der Waals surface area contributed by atoms with Crippen LogP contribution >= 0.6 is 11.6 Å². The standard InChI is InChI=1S/C10H19ClN2O3S/c11-8-10-9-16-7-6-13(10)17(14,15)12-4-2-1-3-5-12/h10H,1-9H2. The Hall–Kier alpha value is 0.120. The zero-order valence-electron chi connectivity index (χ0n) is 9.85. The van der Waals surface area contributed by atoms with Gasteiger partial charge in [-0.2, -0.15) is 17.0 Å². The predicted octanol–water partition coefficient (Wildman–Crippen LogP) is 0.657. The van der Waals surface area contributed by atoms with E-state index in [1.54, 1.807) is 4.31 Å². The van der Waals surface area contributed by atoms with Crippen LogP contribution in [0.4, 0.5) is 0 Å². The van der Waals surface area contributed by atoms with Crippen molar-refractivity contribution in [2.45, 2.75) is 25.3 Å². The van der Waals surface area contributed by atoms with Gasteiger partial charge in [0.25, 0.3) is 10.2 Å². The van der Waals surface area contributed by atoms with Gasteiger partial charge in [0, 0.05) is 25.5 Å². The average molecular weight is 283 g/mol. The van der Waals surface area contributed by atoms with Gasteiger partial charge in [-0.15, -0.1) is 11.6 Å². The Balaban J connectivity index is 2.11. The summed E-state index contributed by atoms with van der Waals surface area (Å²) in [5.74, 6) is 0.285. The lowest BCUT2D eigenvalue weighted by molar-refractivity contribution is 0.0372. The topological polar surface area (TPSA) is 49.9 Å². The first-order chi connectivity index (χ1) is 8.16. The number of ether oxygens (including phenoxy) is 1. The first kappa shape index (κ1) is 13.5. The van der Waals surface area contributed by atoms with Gasteiger partial charge >= 0.3 is 0 Å². The molecule has 7 heteroatoms. The summed E-state index contributed by atoms with van der Waals surface area (Å²) in [5, 5.41) is 0. The van der Waals surface area contributed by atoms with Crippen molar-refractivity contribution < 1.29 is 13.2 Å². The fourth-order valence-electron chi connectivity index (χ4n) is 2.31. The molecule has 100 valence electrons. The highest BCUT2D eigenvalue weighted by molar-refractivity contribution is 7.86. The van der Waals surface area contributed by atoms with E-state index in [2.05, 4.69) is 0 Å². The monoisotopic (exact) mass is 282 g/mol. The minimum Gasteiger partial charge on any atom is -0.378 e. The molecule has 2 aliphatic rings. The fraction of sp³-hybridized carbons (Fsp3) is 1.00. The molecule has 2 heterocycles. The number of alkyl halides is 1. The van der Waals surface area contributed by atoms with Gasteiger partial charge in [0.15, 0.2) is 0 Å². The molecule has 0 spiro atoms. The predicted molar refractivity (Wildman–Crippen MR) is 66.4 cm³/mol. The Morgan fingerprint density at radius 2 is 1.88 bits per heavy atom. The van der Waals surface area contributed by atoms with E-state index in [9.17, 15) is 8.42 Å². The minimum atomic E-state index is -3.34. The van der Waals surface area contributed by atoms with Crippen molar-refractivity contribution in [3.63, 3.8) is 0 Å². The Bertz CT molecular complexity index is 343. The van der Waals surface area contributed by atoms with Crippen molar-refractivity contribution in [1.82, 2.24) is 8.61 Å². The zero-order valence-corrected chi connectivity index (χ0v) is 11.4. The maximum Gasteiger partial charge on any atom is 0.282 e. The van der Waals surface area contributed by atoms with Gasteiger partial charge in [0.2, 0.25) is 0 Å². The highest BCUT2D eigenvalue weighted by Crippen LogP contribution is 2.20. The maximum atomic E-state index is 12.4. The molecule has 0 N–H and O–H groups in total. The highest BCUT2D eigenvalue weighted by atomic mass is 35.5. The summed E-state index contributed by atoms with van der Waals surface area (Å²) in [6, 6.07) is -0.225. The van der Waals surface area contributed by atoms with Crippen LogP contribution < -0.4 is 0 Å². The summed E-state index contributed by atoms with van der Waals surface area (Å²) in [7, 11) is -3.34. The van der Waals surface area contributed by atoms with Crippen LogP contribution in [-0.4, -0.2) is 61.8 Å². The highest BCUT2D eigenvalue weighted by Gasteiger charge is 2.36. The maximum absolute atomic E-state index is 12.4. The van der Waals surface area contributed by atoms with E-state index >= 15 is 0 Å². The van der Waals surface area contributed by atoms with Crippen LogP contribution in [0.5, 0.6) is 0 Å². The first-order valence-electron chi connectivity index (χ1n) is 6.07. The molecule has 1 unspecified atom stereocenters. The number of halogens is 1. The van der Waals surface area contributed by atoms with E-state index in [0.29, 0.717) is 32.8 Å². The molecule has 2 rings (SSSR count). The number of piperidine rings is 1. The number of hydrogen-bond donors (Lipinski definition) is 0. The molecule has 0 bridgehead atoms. The molecule has 0 aromatic heterocycles. The average Bonchev–Trinajstić information content (AvgIpc) is 2.39. The molecule has 17 heavy (non-hydrogen) atoms. The molecule has 0 radical (unpaired) electrons. The molecule has 0 saturated carbocycles. The molecule has 2 saturated heterocycles. The third-order valence-corrected chi connectivity index (χ3v) is 5.74. The van der Waals surface area contributed by atoms with E-state index in [0.717, 1.165) is 19.3 Å². The number of rotatable bonds is 3. The van der Waals surface area contributed by atoms with Gasteiger partial charge in [-0.3, -0.25) is 0 Å². The van der Waals surface area contributed by atoms with Gasteiger partial charge in [0.05, 0.1) is 19.3 Å². The van der Waals surface area contributed by atoms with Crippen molar-refractivity contribution in [1.29, 1.82) is 0 Å². The van der Waals surface area contributed by atoms with Crippen LogP contribution in [0.15, 0.2) is 0 Å². The second-order valence-corrected chi connectivity index (χ2v) is 6.65. The molecule has 2 fully saturated rings. The molecular weight excluding hydrogens is 264 g/mol. The summed E-state index contributed by atoms with van der Waals surface area (Å²) in [6.07, 6.45) is 3.03. The van der Waals surface area contributed by atoms with E-state index in [-0.39, 0.29) is 11.9 Å². The third-order valence-electron chi connectivity index (χ3n) is 3.29. The Morgan fingerprint density at radius 1 is 1.18 bits per heavy atom. The van der Waals surface area contributed by atoms with Crippen LogP contribution in [0.25, 0.3) is 0 Å². The van der Waals surface area contributed by atoms with Crippen molar-refractivity contribution in [3.8, 4) is 0 Å². The molecule has 5 nitrogen and oxygen atoms in total. The normalized spacial score (nSPS) is 29.4. The summed E-state index contributed by atoms with van der Waals surface area (Å²) in [4.78, 5) is 0. The first-order valence-corrected chi connectivity index (χ1v) is 8.00.